The lowest BCUT2D eigenvalue weighted by Gasteiger charge is -2.28. The van der Waals surface area contributed by atoms with Crippen molar-refractivity contribution < 1.29 is 9.53 Å². The zero-order chi connectivity index (χ0) is 25.8. The van der Waals surface area contributed by atoms with Crippen molar-refractivity contribution in [3.63, 3.8) is 0 Å². The van der Waals surface area contributed by atoms with Gasteiger partial charge in [-0.25, -0.2) is 4.79 Å². The molecule has 0 saturated heterocycles. The van der Waals surface area contributed by atoms with Crippen LogP contribution in [-0.2, 0) is 11.3 Å². The summed E-state index contributed by atoms with van der Waals surface area (Å²) >= 11 is 0. The summed E-state index contributed by atoms with van der Waals surface area (Å²) in [4.78, 5) is 13.0. The van der Waals surface area contributed by atoms with Crippen LogP contribution in [0.2, 0.25) is 0 Å². The van der Waals surface area contributed by atoms with Crippen LogP contribution in [0.4, 0.5) is 21.9 Å². The van der Waals surface area contributed by atoms with Crippen molar-refractivity contribution in [3.05, 3.63) is 115 Å². The Morgan fingerprint density at radius 3 is 1.92 bits per heavy atom. The first kappa shape index (κ1) is 24.2. The van der Waals surface area contributed by atoms with Crippen molar-refractivity contribution in [2.75, 3.05) is 15.8 Å². The Hall–Kier alpha value is -4.51. The largest absolute Gasteiger partial charge is 0.442 e. The van der Waals surface area contributed by atoms with Gasteiger partial charge in [-0.05, 0) is 84.3 Å². The molecule has 5 rings (SSSR count). The van der Waals surface area contributed by atoms with Gasteiger partial charge in [-0.1, -0.05) is 72.8 Å². The first-order valence-corrected chi connectivity index (χ1v) is 12.4. The molecule has 0 aromatic heterocycles. The van der Waals surface area contributed by atoms with Gasteiger partial charge >= 0.3 is 6.09 Å². The van der Waals surface area contributed by atoms with Crippen molar-refractivity contribution >= 4 is 44.7 Å². The summed E-state index contributed by atoms with van der Waals surface area (Å²) < 4.78 is 5.65. The highest BCUT2D eigenvalue weighted by Gasteiger charge is 2.24. The number of hydrazine groups is 1. The monoisotopic (exact) mass is 489 g/mol. The first-order chi connectivity index (χ1) is 17.9. The van der Waals surface area contributed by atoms with Crippen molar-refractivity contribution in [2.24, 2.45) is 0 Å². The fourth-order valence-corrected chi connectivity index (χ4v) is 4.28. The third kappa shape index (κ3) is 5.84. The molecule has 5 nitrogen and oxygen atoms in total. The number of ether oxygens (including phenoxy) is 1. The normalized spacial score (nSPS) is 11.3. The molecule has 0 radical (unpaired) electrons. The zero-order valence-electron chi connectivity index (χ0n) is 21.4. The van der Waals surface area contributed by atoms with Crippen LogP contribution in [0, 0.1) is 0 Å². The standard InChI is InChI=1S/C32H31N3O2/c1-32(2,3)37-31(36)35(28-12-8-5-9-13-28)34-27-17-19-30-25(21-27)15-14-24-20-26(16-18-29(24)30)33-22-23-10-6-4-7-11-23/h4-21,33-34H,22H2,1-3H3. The summed E-state index contributed by atoms with van der Waals surface area (Å²) in [5.74, 6) is 0. The average molecular weight is 490 g/mol. The van der Waals surface area contributed by atoms with E-state index in [0.29, 0.717) is 5.69 Å². The van der Waals surface area contributed by atoms with Gasteiger partial charge in [0, 0.05) is 12.2 Å². The molecule has 0 fully saturated rings. The number of anilines is 3. The Morgan fingerprint density at radius 1 is 0.730 bits per heavy atom. The van der Waals surface area contributed by atoms with E-state index in [9.17, 15) is 4.79 Å². The highest BCUT2D eigenvalue weighted by atomic mass is 16.6. The quantitative estimate of drug-likeness (QED) is 0.186. The second-order valence-electron chi connectivity index (χ2n) is 10.0. The third-order valence-corrected chi connectivity index (χ3v) is 6.01. The van der Waals surface area contributed by atoms with Gasteiger partial charge in [-0.3, -0.25) is 5.43 Å². The number of rotatable bonds is 6. The maximum Gasteiger partial charge on any atom is 0.433 e. The van der Waals surface area contributed by atoms with Gasteiger partial charge in [0.15, 0.2) is 0 Å². The number of hydrogen-bond acceptors (Lipinski definition) is 4. The summed E-state index contributed by atoms with van der Waals surface area (Å²) in [5, 5.41) is 9.55. The molecule has 0 aliphatic rings. The van der Waals surface area contributed by atoms with Crippen molar-refractivity contribution in [2.45, 2.75) is 32.9 Å². The van der Waals surface area contributed by atoms with Crippen LogP contribution in [0.3, 0.4) is 0 Å². The maximum absolute atomic E-state index is 13.0. The van der Waals surface area contributed by atoms with Crippen molar-refractivity contribution in [3.8, 4) is 0 Å². The zero-order valence-corrected chi connectivity index (χ0v) is 21.4. The highest BCUT2D eigenvalue weighted by Crippen LogP contribution is 2.30. The van der Waals surface area contributed by atoms with Gasteiger partial charge in [0.05, 0.1) is 11.4 Å². The van der Waals surface area contributed by atoms with Crippen molar-refractivity contribution in [1.29, 1.82) is 0 Å². The Balaban J connectivity index is 1.40. The Morgan fingerprint density at radius 2 is 1.30 bits per heavy atom. The average Bonchev–Trinajstić information content (AvgIpc) is 2.90. The molecule has 1 amide bonds. The SMILES string of the molecule is CC(C)(C)OC(=O)N(Nc1ccc2c(ccc3cc(NCc4ccccc4)ccc32)c1)c1ccccc1. The Kier molecular flexibility index (Phi) is 6.69. The minimum Gasteiger partial charge on any atom is -0.442 e. The van der Waals surface area contributed by atoms with Crippen molar-refractivity contribution in [1.82, 2.24) is 0 Å². The van der Waals surface area contributed by atoms with E-state index >= 15 is 0 Å². The van der Waals surface area contributed by atoms with E-state index in [-0.39, 0.29) is 0 Å². The molecule has 0 aliphatic carbocycles. The van der Waals surface area contributed by atoms with Gasteiger partial charge in [-0.2, -0.15) is 5.01 Å². The van der Waals surface area contributed by atoms with Crippen LogP contribution < -0.4 is 15.8 Å². The van der Waals surface area contributed by atoms with E-state index < -0.39 is 11.7 Å². The molecule has 0 spiro atoms. The molecule has 5 aromatic rings. The van der Waals surface area contributed by atoms with Gasteiger partial charge in [0.2, 0.25) is 0 Å². The second kappa shape index (κ2) is 10.2. The molecule has 0 aliphatic heterocycles. The molecule has 0 unspecified atom stereocenters. The van der Waals surface area contributed by atoms with Gasteiger partial charge < -0.3 is 10.1 Å². The molecule has 0 heterocycles. The topological polar surface area (TPSA) is 53.6 Å². The predicted molar refractivity (Wildman–Crippen MR) is 154 cm³/mol. The second-order valence-corrected chi connectivity index (χ2v) is 10.0. The number of fused-ring (bicyclic) bond motifs is 3. The molecule has 5 heteroatoms. The molecular weight excluding hydrogens is 458 g/mol. The number of amides is 1. The summed E-state index contributed by atoms with van der Waals surface area (Å²) in [5.41, 5.74) is 6.47. The van der Waals surface area contributed by atoms with Gasteiger partial charge in [-0.15, -0.1) is 0 Å². The van der Waals surface area contributed by atoms with E-state index in [4.69, 9.17) is 4.74 Å². The fourth-order valence-electron chi connectivity index (χ4n) is 4.28. The summed E-state index contributed by atoms with van der Waals surface area (Å²) in [6.07, 6.45) is -0.465. The molecule has 0 saturated carbocycles. The van der Waals surface area contributed by atoms with Crippen LogP contribution >= 0.6 is 0 Å². The molecule has 0 atom stereocenters. The molecule has 37 heavy (non-hydrogen) atoms. The minimum absolute atomic E-state index is 0.465. The number of carbonyl (C=O) groups is 1. The van der Waals surface area contributed by atoms with E-state index in [1.807, 2.05) is 63.2 Å². The van der Waals surface area contributed by atoms with Crippen LogP contribution in [0.5, 0.6) is 0 Å². The predicted octanol–water partition coefficient (Wildman–Crippen LogP) is 8.37. The molecular formula is C32H31N3O2. The summed E-state index contributed by atoms with van der Waals surface area (Å²) in [6.45, 7) is 6.36. The number of benzene rings is 5. The van der Waals surface area contributed by atoms with E-state index in [0.717, 1.165) is 28.7 Å². The van der Waals surface area contributed by atoms with Crippen LogP contribution in [0.1, 0.15) is 26.3 Å². The smallest absolute Gasteiger partial charge is 0.433 e. The van der Waals surface area contributed by atoms with E-state index in [2.05, 4.69) is 77.5 Å². The van der Waals surface area contributed by atoms with Gasteiger partial charge in [0.1, 0.15) is 5.60 Å². The molecule has 186 valence electrons. The number of nitrogens with zero attached hydrogens (tertiary/aromatic N) is 1. The molecule has 0 bridgehead atoms. The number of nitrogens with one attached hydrogen (secondary N) is 2. The molecule has 2 N–H and O–H groups in total. The third-order valence-electron chi connectivity index (χ3n) is 6.01. The first-order valence-electron chi connectivity index (χ1n) is 12.4. The lowest BCUT2D eigenvalue weighted by atomic mass is 10.0. The fraction of sp³-hybridized carbons (Fsp3) is 0.156. The summed E-state index contributed by atoms with van der Waals surface area (Å²) in [7, 11) is 0. The Labute approximate surface area is 217 Å². The van der Waals surface area contributed by atoms with Gasteiger partial charge in [0.25, 0.3) is 0 Å². The highest BCUT2D eigenvalue weighted by molar-refractivity contribution is 6.09. The maximum atomic E-state index is 13.0. The van der Waals surface area contributed by atoms with Crippen LogP contribution in [0.25, 0.3) is 21.5 Å². The summed E-state index contributed by atoms with van der Waals surface area (Å²) in [6, 6.07) is 36.7. The number of para-hydroxylation sites is 1. The van der Waals surface area contributed by atoms with E-state index in [1.165, 1.54) is 21.3 Å². The van der Waals surface area contributed by atoms with E-state index in [1.54, 1.807) is 0 Å². The number of carbonyl (C=O) groups excluding carboxylic acids is 1. The lowest BCUT2D eigenvalue weighted by Crippen LogP contribution is -2.40. The van der Waals surface area contributed by atoms with Crippen LogP contribution in [0.15, 0.2) is 109 Å². The number of hydrogen-bond donors (Lipinski definition) is 2. The molecule has 5 aromatic carbocycles. The lowest BCUT2D eigenvalue weighted by molar-refractivity contribution is 0.0589. The van der Waals surface area contributed by atoms with Crippen LogP contribution in [-0.4, -0.2) is 11.7 Å². The minimum atomic E-state index is -0.608. The Bertz CT molecular complexity index is 1530.